The van der Waals surface area contributed by atoms with Crippen molar-refractivity contribution in [2.75, 3.05) is 24.9 Å². The summed E-state index contributed by atoms with van der Waals surface area (Å²) in [6, 6.07) is 0.308. The van der Waals surface area contributed by atoms with E-state index in [-0.39, 0.29) is 5.41 Å². The van der Waals surface area contributed by atoms with Crippen LogP contribution in [0.5, 0.6) is 6.01 Å². The second-order valence-corrected chi connectivity index (χ2v) is 4.71. The molecule has 0 spiro atoms. The Morgan fingerprint density at radius 1 is 1.56 bits per heavy atom. The third-order valence-electron chi connectivity index (χ3n) is 2.78. The average molecular weight is 262 g/mol. The first-order chi connectivity index (χ1) is 7.69. The van der Waals surface area contributed by atoms with Gasteiger partial charge in [0, 0.05) is 17.8 Å². The second kappa shape index (κ2) is 4.63. The highest BCUT2D eigenvalue weighted by molar-refractivity contribution is 6.32. The zero-order valence-electron chi connectivity index (χ0n) is 8.96. The van der Waals surface area contributed by atoms with Crippen molar-refractivity contribution in [3.05, 3.63) is 11.2 Å². The fraction of sp³-hybridized carbons (Fsp3) is 0.600. The van der Waals surface area contributed by atoms with E-state index >= 15 is 0 Å². The Morgan fingerprint density at radius 2 is 2.31 bits per heavy atom. The highest BCUT2D eigenvalue weighted by Crippen LogP contribution is 2.46. The van der Waals surface area contributed by atoms with Gasteiger partial charge in [0.25, 0.3) is 0 Å². The van der Waals surface area contributed by atoms with Crippen molar-refractivity contribution in [1.82, 2.24) is 9.97 Å². The highest BCUT2D eigenvalue weighted by Gasteiger charge is 2.41. The fourth-order valence-corrected chi connectivity index (χ4v) is 1.90. The Bertz CT molecular complexity index is 382. The second-order valence-electron chi connectivity index (χ2n) is 4.04. The molecule has 0 saturated heterocycles. The van der Waals surface area contributed by atoms with Crippen LogP contribution in [0.25, 0.3) is 0 Å². The minimum atomic E-state index is 0.225. The molecule has 0 unspecified atom stereocenters. The number of anilines is 1. The van der Waals surface area contributed by atoms with Crippen LogP contribution in [0.3, 0.4) is 0 Å². The van der Waals surface area contributed by atoms with Crippen LogP contribution in [0.2, 0.25) is 5.02 Å². The number of halogens is 2. The molecule has 1 N–H and O–H groups in total. The molecule has 0 radical (unpaired) electrons. The van der Waals surface area contributed by atoms with Gasteiger partial charge in [0.15, 0.2) is 5.82 Å². The lowest BCUT2D eigenvalue weighted by molar-refractivity contribution is 0.380. The van der Waals surface area contributed by atoms with E-state index < -0.39 is 0 Å². The van der Waals surface area contributed by atoms with Crippen LogP contribution in [-0.2, 0) is 0 Å². The van der Waals surface area contributed by atoms with Crippen LogP contribution in [0.15, 0.2) is 6.20 Å². The Kier molecular flexibility index (Phi) is 3.40. The lowest BCUT2D eigenvalue weighted by atomic mass is 10.1. The molecule has 1 aliphatic carbocycles. The van der Waals surface area contributed by atoms with E-state index in [0.29, 0.717) is 22.7 Å². The van der Waals surface area contributed by atoms with Crippen LogP contribution < -0.4 is 10.1 Å². The lowest BCUT2D eigenvalue weighted by Gasteiger charge is -2.13. The summed E-state index contributed by atoms with van der Waals surface area (Å²) in [7, 11) is 1.52. The molecule has 1 saturated carbocycles. The summed E-state index contributed by atoms with van der Waals surface area (Å²) in [5.41, 5.74) is 0.225. The van der Waals surface area contributed by atoms with E-state index in [1.807, 2.05) is 0 Å². The predicted molar refractivity (Wildman–Crippen MR) is 64.5 cm³/mol. The average Bonchev–Trinajstić information content (AvgIpc) is 3.09. The Morgan fingerprint density at radius 3 is 2.88 bits per heavy atom. The van der Waals surface area contributed by atoms with Crippen molar-refractivity contribution in [3.63, 3.8) is 0 Å². The number of rotatable bonds is 5. The van der Waals surface area contributed by atoms with E-state index in [4.69, 9.17) is 27.9 Å². The minimum Gasteiger partial charge on any atom is -0.467 e. The zero-order chi connectivity index (χ0) is 11.6. The van der Waals surface area contributed by atoms with Gasteiger partial charge in [-0.25, -0.2) is 4.98 Å². The standard InChI is InChI=1S/C10H13Cl2N3O/c1-16-9-13-4-7(12)8(15-9)14-6-10(5-11)2-3-10/h4H,2-3,5-6H2,1H3,(H,13,14,15). The summed E-state index contributed by atoms with van der Waals surface area (Å²) in [6.07, 6.45) is 3.84. The van der Waals surface area contributed by atoms with Gasteiger partial charge in [0.1, 0.15) is 5.02 Å². The largest absolute Gasteiger partial charge is 0.467 e. The van der Waals surface area contributed by atoms with Crippen molar-refractivity contribution >= 4 is 29.0 Å². The van der Waals surface area contributed by atoms with Crippen LogP contribution in [0.4, 0.5) is 5.82 Å². The lowest BCUT2D eigenvalue weighted by Crippen LogP contribution is -2.17. The van der Waals surface area contributed by atoms with Gasteiger partial charge in [-0.05, 0) is 12.8 Å². The first kappa shape index (κ1) is 11.7. The molecule has 1 fully saturated rings. The number of methoxy groups -OCH3 is 1. The van der Waals surface area contributed by atoms with Crippen LogP contribution in [-0.4, -0.2) is 29.5 Å². The van der Waals surface area contributed by atoms with Crippen LogP contribution in [0.1, 0.15) is 12.8 Å². The summed E-state index contributed by atoms with van der Waals surface area (Å²) in [6.45, 7) is 0.788. The molecule has 1 aliphatic rings. The van der Waals surface area contributed by atoms with E-state index in [1.165, 1.54) is 13.3 Å². The molecule has 1 heterocycles. The maximum Gasteiger partial charge on any atom is 0.318 e. The number of aromatic nitrogens is 2. The molecule has 0 amide bonds. The van der Waals surface area contributed by atoms with Gasteiger partial charge < -0.3 is 10.1 Å². The van der Waals surface area contributed by atoms with Gasteiger partial charge in [-0.1, -0.05) is 11.6 Å². The number of nitrogens with one attached hydrogen (secondary N) is 1. The first-order valence-electron chi connectivity index (χ1n) is 5.05. The SMILES string of the molecule is COc1ncc(Cl)c(NCC2(CCl)CC2)n1. The molecule has 0 aromatic carbocycles. The molecule has 4 nitrogen and oxygen atoms in total. The molecule has 1 aromatic heterocycles. The molecule has 16 heavy (non-hydrogen) atoms. The number of alkyl halides is 1. The Balaban J connectivity index is 2.03. The number of ether oxygens (including phenoxy) is 1. The van der Waals surface area contributed by atoms with E-state index in [1.54, 1.807) is 0 Å². The maximum absolute atomic E-state index is 5.97. The van der Waals surface area contributed by atoms with Crippen molar-refractivity contribution in [2.24, 2.45) is 5.41 Å². The Hall–Kier alpha value is -0.740. The number of hydrogen-bond acceptors (Lipinski definition) is 4. The van der Waals surface area contributed by atoms with Gasteiger partial charge in [0.05, 0.1) is 13.3 Å². The molecule has 6 heteroatoms. The summed E-state index contributed by atoms with van der Waals surface area (Å²) < 4.78 is 4.94. The molecule has 2 rings (SSSR count). The van der Waals surface area contributed by atoms with Gasteiger partial charge in [-0.2, -0.15) is 4.98 Å². The third-order valence-corrected chi connectivity index (χ3v) is 3.62. The van der Waals surface area contributed by atoms with Gasteiger partial charge in [0.2, 0.25) is 0 Å². The normalized spacial score (nSPS) is 16.9. The maximum atomic E-state index is 5.97. The molecule has 0 bridgehead atoms. The summed E-state index contributed by atoms with van der Waals surface area (Å²) >= 11 is 11.9. The van der Waals surface area contributed by atoms with E-state index in [2.05, 4.69) is 15.3 Å². The molecular weight excluding hydrogens is 249 g/mol. The summed E-state index contributed by atoms with van der Waals surface area (Å²) in [5.74, 6) is 1.27. The molecule has 0 aliphatic heterocycles. The van der Waals surface area contributed by atoms with Gasteiger partial charge in [-0.15, -0.1) is 11.6 Å². The van der Waals surface area contributed by atoms with Crippen LogP contribution in [0, 0.1) is 5.41 Å². The first-order valence-corrected chi connectivity index (χ1v) is 5.97. The smallest absolute Gasteiger partial charge is 0.318 e. The van der Waals surface area contributed by atoms with Crippen molar-refractivity contribution in [2.45, 2.75) is 12.8 Å². The van der Waals surface area contributed by atoms with Crippen molar-refractivity contribution < 1.29 is 4.74 Å². The monoisotopic (exact) mass is 261 g/mol. The number of hydrogen-bond donors (Lipinski definition) is 1. The number of nitrogens with zero attached hydrogens (tertiary/aromatic N) is 2. The molecule has 1 aromatic rings. The summed E-state index contributed by atoms with van der Waals surface area (Å²) in [4.78, 5) is 8.04. The van der Waals surface area contributed by atoms with E-state index in [9.17, 15) is 0 Å². The van der Waals surface area contributed by atoms with Gasteiger partial charge >= 0.3 is 6.01 Å². The topological polar surface area (TPSA) is 47.0 Å². The van der Waals surface area contributed by atoms with Gasteiger partial charge in [-0.3, -0.25) is 0 Å². The predicted octanol–water partition coefficient (Wildman–Crippen LogP) is 2.57. The molecular formula is C10H13Cl2N3O. The van der Waals surface area contributed by atoms with Crippen molar-refractivity contribution in [1.29, 1.82) is 0 Å². The molecule has 88 valence electrons. The zero-order valence-corrected chi connectivity index (χ0v) is 10.5. The molecule has 0 atom stereocenters. The van der Waals surface area contributed by atoms with Crippen molar-refractivity contribution in [3.8, 4) is 6.01 Å². The third kappa shape index (κ3) is 2.50. The quantitative estimate of drug-likeness (QED) is 0.828. The fourth-order valence-electron chi connectivity index (χ4n) is 1.38. The minimum absolute atomic E-state index is 0.225. The van der Waals surface area contributed by atoms with E-state index in [0.717, 1.165) is 19.4 Å². The Labute approximate surface area is 104 Å². The highest BCUT2D eigenvalue weighted by atomic mass is 35.5. The summed E-state index contributed by atoms with van der Waals surface area (Å²) in [5, 5.41) is 3.69. The van der Waals surface area contributed by atoms with Crippen LogP contribution >= 0.6 is 23.2 Å².